The fourth-order valence-electron chi connectivity index (χ4n) is 2.89. The van der Waals surface area contributed by atoms with Crippen LogP contribution in [0.3, 0.4) is 0 Å². The van der Waals surface area contributed by atoms with Crippen molar-refractivity contribution in [1.82, 2.24) is 0 Å². The highest BCUT2D eigenvalue weighted by Crippen LogP contribution is 2.27. The molecule has 0 aromatic rings. The Morgan fingerprint density at radius 3 is 2.24 bits per heavy atom. The molecule has 0 saturated heterocycles. The molecule has 0 aromatic heterocycles. The fraction of sp³-hybridized carbons (Fsp3) is 1.00. The van der Waals surface area contributed by atoms with E-state index < -0.39 is 6.10 Å². The van der Waals surface area contributed by atoms with Gasteiger partial charge in [-0.25, -0.2) is 0 Å². The van der Waals surface area contributed by atoms with Crippen LogP contribution in [0.15, 0.2) is 0 Å². The van der Waals surface area contributed by atoms with Crippen LogP contribution in [0, 0.1) is 11.8 Å². The van der Waals surface area contributed by atoms with Gasteiger partial charge in [0, 0.05) is 12.1 Å². The van der Waals surface area contributed by atoms with Crippen molar-refractivity contribution >= 4 is 0 Å². The summed E-state index contributed by atoms with van der Waals surface area (Å²) in [5.74, 6) is 1.20. The number of hydrogen-bond acceptors (Lipinski definition) is 3. The highest BCUT2D eigenvalue weighted by Gasteiger charge is 2.25. The summed E-state index contributed by atoms with van der Waals surface area (Å²) in [6.07, 6.45) is 7.90. The Hall–Kier alpha value is -0.120. The quantitative estimate of drug-likeness (QED) is 0.667. The van der Waals surface area contributed by atoms with Crippen LogP contribution >= 0.6 is 0 Å². The Bertz CT molecular complexity index is 202. The average molecular weight is 242 g/mol. The normalized spacial score (nSPS) is 23.6. The zero-order valence-electron chi connectivity index (χ0n) is 11.4. The van der Waals surface area contributed by atoms with E-state index in [0.29, 0.717) is 5.92 Å². The molecule has 1 aliphatic carbocycles. The van der Waals surface area contributed by atoms with Gasteiger partial charge in [-0.3, -0.25) is 0 Å². The highest BCUT2D eigenvalue weighted by molar-refractivity contribution is 4.85. The number of aliphatic hydroxyl groups excluding tert-OH is 1. The van der Waals surface area contributed by atoms with E-state index in [0.717, 1.165) is 18.8 Å². The molecule has 3 heteroatoms. The number of nitrogens with two attached hydrogens (primary N) is 2. The van der Waals surface area contributed by atoms with E-state index in [1.54, 1.807) is 0 Å². The van der Waals surface area contributed by atoms with Crippen molar-refractivity contribution in [3.63, 3.8) is 0 Å². The summed E-state index contributed by atoms with van der Waals surface area (Å²) in [5, 5.41) is 9.98. The fourth-order valence-corrected chi connectivity index (χ4v) is 2.89. The molecule has 0 spiro atoms. The third-order valence-corrected chi connectivity index (χ3v) is 3.98. The first-order valence-corrected chi connectivity index (χ1v) is 7.20. The van der Waals surface area contributed by atoms with Crippen molar-refractivity contribution < 1.29 is 5.11 Å². The second-order valence-corrected chi connectivity index (χ2v) is 6.18. The largest absolute Gasteiger partial charge is 0.391 e. The molecule has 5 N–H and O–H groups in total. The molecular weight excluding hydrogens is 212 g/mol. The molecular formula is C14H30N2O. The summed E-state index contributed by atoms with van der Waals surface area (Å²) in [6.45, 7) is 4.20. The van der Waals surface area contributed by atoms with E-state index in [1.807, 2.05) is 0 Å². The Labute approximate surface area is 106 Å². The van der Waals surface area contributed by atoms with E-state index in [4.69, 9.17) is 11.5 Å². The molecule has 0 heterocycles. The third-order valence-electron chi connectivity index (χ3n) is 3.98. The van der Waals surface area contributed by atoms with Gasteiger partial charge in [0.05, 0.1) is 6.10 Å². The van der Waals surface area contributed by atoms with Crippen molar-refractivity contribution in [2.24, 2.45) is 23.3 Å². The van der Waals surface area contributed by atoms with Gasteiger partial charge in [-0.1, -0.05) is 46.0 Å². The SMILES string of the molecule is CC(C)CC(O)C(N)[C@@H](N)CC1CCCCC1. The maximum Gasteiger partial charge on any atom is 0.0708 e. The predicted molar refractivity (Wildman–Crippen MR) is 72.6 cm³/mol. The van der Waals surface area contributed by atoms with E-state index in [1.165, 1.54) is 32.1 Å². The topological polar surface area (TPSA) is 72.3 Å². The van der Waals surface area contributed by atoms with Gasteiger partial charge in [-0.05, 0) is 24.7 Å². The Morgan fingerprint density at radius 1 is 1.12 bits per heavy atom. The minimum atomic E-state index is -0.450. The van der Waals surface area contributed by atoms with Crippen LogP contribution in [0.4, 0.5) is 0 Å². The average Bonchev–Trinajstić information content (AvgIpc) is 2.28. The van der Waals surface area contributed by atoms with Gasteiger partial charge in [0.15, 0.2) is 0 Å². The Kier molecular flexibility index (Phi) is 6.45. The summed E-state index contributed by atoms with van der Waals surface area (Å²) < 4.78 is 0. The number of rotatable bonds is 6. The zero-order valence-corrected chi connectivity index (χ0v) is 11.4. The lowest BCUT2D eigenvalue weighted by Crippen LogP contribution is -2.50. The van der Waals surface area contributed by atoms with E-state index in [9.17, 15) is 5.11 Å². The lowest BCUT2D eigenvalue weighted by atomic mass is 9.82. The van der Waals surface area contributed by atoms with Crippen LogP contribution in [0.2, 0.25) is 0 Å². The molecule has 2 unspecified atom stereocenters. The zero-order chi connectivity index (χ0) is 12.8. The molecule has 0 aliphatic heterocycles. The van der Waals surface area contributed by atoms with Gasteiger partial charge in [-0.2, -0.15) is 0 Å². The van der Waals surface area contributed by atoms with Gasteiger partial charge >= 0.3 is 0 Å². The summed E-state index contributed by atoms with van der Waals surface area (Å²) in [5.41, 5.74) is 12.2. The van der Waals surface area contributed by atoms with Crippen LogP contribution in [0.5, 0.6) is 0 Å². The van der Waals surface area contributed by atoms with Crippen LogP contribution in [-0.4, -0.2) is 23.3 Å². The van der Waals surface area contributed by atoms with E-state index in [-0.39, 0.29) is 12.1 Å². The maximum atomic E-state index is 9.98. The predicted octanol–water partition coefficient (Wildman–Crippen LogP) is 2.02. The third kappa shape index (κ3) is 5.36. The summed E-state index contributed by atoms with van der Waals surface area (Å²) in [7, 11) is 0. The van der Waals surface area contributed by atoms with Crippen LogP contribution in [0.1, 0.15) is 58.8 Å². The minimum absolute atomic E-state index is 0.0492. The standard InChI is InChI=1S/C14H30N2O/c1-10(2)8-13(17)14(16)12(15)9-11-6-4-3-5-7-11/h10-14,17H,3-9,15-16H2,1-2H3/t12-,13?,14?/m0/s1. The van der Waals surface area contributed by atoms with E-state index in [2.05, 4.69) is 13.8 Å². The summed E-state index contributed by atoms with van der Waals surface area (Å²) in [6, 6.07) is -0.314. The monoisotopic (exact) mass is 242 g/mol. The van der Waals surface area contributed by atoms with Gasteiger partial charge in [0.25, 0.3) is 0 Å². The molecule has 3 nitrogen and oxygen atoms in total. The van der Waals surface area contributed by atoms with Crippen molar-refractivity contribution in [2.45, 2.75) is 77.0 Å². The van der Waals surface area contributed by atoms with Crippen molar-refractivity contribution in [3.8, 4) is 0 Å². The molecule has 1 rings (SSSR count). The highest BCUT2D eigenvalue weighted by atomic mass is 16.3. The first kappa shape index (κ1) is 14.9. The molecule has 3 atom stereocenters. The van der Waals surface area contributed by atoms with Gasteiger partial charge in [0.2, 0.25) is 0 Å². The molecule has 1 aliphatic rings. The van der Waals surface area contributed by atoms with Crippen LogP contribution in [-0.2, 0) is 0 Å². The molecule has 17 heavy (non-hydrogen) atoms. The Morgan fingerprint density at radius 2 is 1.71 bits per heavy atom. The lowest BCUT2D eigenvalue weighted by Gasteiger charge is -2.30. The van der Waals surface area contributed by atoms with Gasteiger partial charge in [0.1, 0.15) is 0 Å². The smallest absolute Gasteiger partial charge is 0.0708 e. The second kappa shape index (κ2) is 7.34. The lowest BCUT2D eigenvalue weighted by molar-refractivity contribution is 0.104. The first-order chi connectivity index (χ1) is 8.00. The van der Waals surface area contributed by atoms with Crippen LogP contribution < -0.4 is 11.5 Å². The summed E-state index contributed by atoms with van der Waals surface area (Å²) >= 11 is 0. The number of aliphatic hydroxyl groups is 1. The maximum absolute atomic E-state index is 9.98. The van der Waals surface area contributed by atoms with Crippen LogP contribution in [0.25, 0.3) is 0 Å². The van der Waals surface area contributed by atoms with Crippen molar-refractivity contribution in [3.05, 3.63) is 0 Å². The molecule has 0 radical (unpaired) electrons. The molecule has 0 bridgehead atoms. The molecule has 1 fully saturated rings. The minimum Gasteiger partial charge on any atom is -0.391 e. The van der Waals surface area contributed by atoms with Crippen molar-refractivity contribution in [2.75, 3.05) is 0 Å². The van der Waals surface area contributed by atoms with Gasteiger partial charge in [-0.15, -0.1) is 0 Å². The Balaban J connectivity index is 2.31. The number of hydrogen-bond donors (Lipinski definition) is 3. The molecule has 0 amide bonds. The van der Waals surface area contributed by atoms with Crippen molar-refractivity contribution in [1.29, 1.82) is 0 Å². The van der Waals surface area contributed by atoms with Gasteiger partial charge < -0.3 is 16.6 Å². The van der Waals surface area contributed by atoms with E-state index >= 15 is 0 Å². The summed E-state index contributed by atoms with van der Waals surface area (Å²) in [4.78, 5) is 0. The second-order valence-electron chi connectivity index (χ2n) is 6.18. The molecule has 102 valence electrons. The molecule has 1 saturated carbocycles. The molecule has 0 aromatic carbocycles. The first-order valence-electron chi connectivity index (χ1n) is 7.20.